The highest BCUT2D eigenvalue weighted by atomic mass is 16.6. The highest BCUT2D eigenvalue weighted by Gasteiger charge is 2.69. The van der Waals surface area contributed by atoms with Crippen LogP contribution >= 0.6 is 0 Å². The van der Waals surface area contributed by atoms with Crippen molar-refractivity contribution in [2.75, 3.05) is 13.1 Å². The molecule has 0 spiro atoms. The van der Waals surface area contributed by atoms with Crippen molar-refractivity contribution in [2.24, 2.45) is 22.7 Å². The van der Waals surface area contributed by atoms with Crippen LogP contribution in [0, 0.1) is 22.7 Å². The third kappa shape index (κ3) is 7.26. The SMILES string of the molecule is CCCNC(=O)C(=O)C(CCC)NC(=O)C1C2C(CN1C(=O)C(NC(=O)OC(C)(C)C)C(C)(C)C)C2(C)C. The van der Waals surface area contributed by atoms with E-state index >= 15 is 0 Å². The van der Waals surface area contributed by atoms with Gasteiger partial charge in [0.2, 0.25) is 17.6 Å². The number of hydrogen-bond acceptors (Lipinski definition) is 6. The van der Waals surface area contributed by atoms with Crippen molar-refractivity contribution in [3.05, 3.63) is 0 Å². The third-order valence-electron chi connectivity index (χ3n) is 7.50. The standard InChI is InChI=1S/C28H48N4O6/c1-11-13-17(20(33)23(35)29-14-12-2)30-22(34)19-18-16(28(18,9)10)15-32(19)24(36)21(26(3,4)5)31-25(37)38-27(6,7)8/h16-19,21H,11-15H2,1-10H3,(H,29,35)(H,30,34)(H,31,37). The summed E-state index contributed by atoms with van der Waals surface area (Å²) in [4.78, 5) is 66.9. The lowest BCUT2D eigenvalue weighted by atomic mass is 9.85. The summed E-state index contributed by atoms with van der Waals surface area (Å²) in [7, 11) is 0. The van der Waals surface area contributed by atoms with Crippen LogP contribution in [0.3, 0.4) is 0 Å². The molecule has 10 nitrogen and oxygen atoms in total. The maximum absolute atomic E-state index is 13.9. The summed E-state index contributed by atoms with van der Waals surface area (Å²) in [6, 6.07) is -2.71. The number of Topliss-reactive ketones (excluding diaryl/α,β-unsaturated/α-hetero) is 1. The van der Waals surface area contributed by atoms with Crippen molar-refractivity contribution in [3.63, 3.8) is 0 Å². The summed E-state index contributed by atoms with van der Waals surface area (Å²) >= 11 is 0. The Hall–Kier alpha value is -2.65. The molecule has 0 aromatic rings. The van der Waals surface area contributed by atoms with Gasteiger partial charge in [-0.25, -0.2) is 4.79 Å². The highest BCUT2D eigenvalue weighted by Crippen LogP contribution is 2.65. The van der Waals surface area contributed by atoms with Gasteiger partial charge in [-0.2, -0.15) is 0 Å². The molecule has 1 aliphatic heterocycles. The summed E-state index contributed by atoms with van der Waals surface area (Å²) in [5.41, 5.74) is -1.53. The lowest BCUT2D eigenvalue weighted by Gasteiger charge is -2.38. The van der Waals surface area contributed by atoms with Crippen LogP contribution < -0.4 is 16.0 Å². The maximum atomic E-state index is 13.9. The average Bonchev–Trinajstić information content (AvgIpc) is 3.11. The van der Waals surface area contributed by atoms with Crippen molar-refractivity contribution in [1.82, 2.24) is 20.9 Å². The molecule has 0 aromatic carbocycles. The molecule has 0 aromatic heterocycles. The minimum Gasteiger partial charge on any atom is -0.444 e. The van der Waals surface area contributed by atoms with Crippen LogP contribution in [0.4, 0.5) is 4.79 Å². The zero-order valence-corrected chi connectivity index (χ0v) is 24.8. The number of alkyl carbamates (subject to hydrolysis) is 1. The van der Waals surface area contributed by atoms with Gasteiger partial charge in [-0.15, -0.1) is 0 Å². The number of piperidine rings is 1. The van der Waals surface area contributed by atoms with Crippen molar-refractivity contribution in [1.29, 1.82) is 0 Å². The smallest absolute Gasteiger partial charge is 0.408 e. The van der Waals surface area contributed by atoms with Crippen molar-refractivity contribution >= 4 is 29.6 Å². The monoisotopic (exact) mass is 536 g/mol. The van der Waals surface area contributed by atoms with E-state index < -0.39 is 52.8 Å². The number of ether oxygens (including phenoxy) is 1. The van der Waals surface area contributed by atoms with E-state index in [2.05, 4.69) is 29.8 Å². The molecule has 2 fully saturated rings. The van der Waals surface area contributed by atoms with Crippen LogP contribution in [0.2, 0.25) is 0 Å². The molecule has 1 saturated heterocycles. The van der Waals surface area contributed by atoms with Crippen LogP contribution in [0.1, 0.15) is 88.5 Å². The van der Waals surface area contributed by atoms with E-state index in [1.54, 1.807) is 20.8 Å². The zero-order chi connectivity index (χ0) is 29.2. The van der Waals surface area contributed by atoms with E-state index in [0.29, 0.717) is 32.4 Å². The van der Waals surface area contributed by atoms with Crippen LogP contribution in [-0.2, 0) is 23.9 Å². The summed E-state index contributed by atoms with van der Waals surface area (Å²) in [5, 5.41) is 8.09. The van der Waals surface area contributed by atoms with Gasteiger partial charge in [0.25, 0.3) is 5.91 Å². The Morgan fingerprint density at radius 1 is 0.974 bits per heavy atom. The molecular formula is C28H48N4O6. The maximum Gasteiger partial charge on any atom is 0.408 e. The van der Waals surface area contributed by atoms with E-state index in [1.807, 2.05) is 34.6 Å². The Balaban J connectivity index is 2.29. The topological polar surface area (TPSA) is 134 Å². The van der Waals surface area contributed by atoms with E-state index in [9.17, 15) is 24.0 Å². The summed E-state index contributed by atoms with van der Waals surface area (Å²) < 4.78 is 5.39. The van der Waals surface area contributed by atoms with Gasteiger partial charge in [-0.3, -0.25) is 19.2 Å². The molecule has 2 aliphatic rings. The third-order valence-corrected chi connectivity index (χ3v) is 7.50. The predicted molar refractivity (Wildman–Crippen MR) is 144 cm³/mol. The van der Waals surface area contributed by atoms with Crippen LogP contribution in [-0.4, -0.2) is 71.3 Å². The Morgan fingerprint density at radius 2 is 1.58 bits per heavy atom. The van der Waals surface area contributed by atoms with Gasteiger partial charge >= 0.3 is 6.09 Å². The second-order valence-electron chi connectivity index (χ2n) is 13.3. The van der Waals surface area contributed by atoms with Gasteiger partial charge in [0.05, 0.1) is 6.04 Å². The lowest BCUT2D eigenvalue weighted by molar-refractivity contribution is -0.145. The summed E-state index contributed by atoms with van der Waals surface area (Å²) in [5.74, 6) is -2.18. The Bertz CT molecular complexity index is 933. The number of hydrogen-bond donors (Lipinski definition) is 3. The molecule has 1 saturated carbocycles. The van der Waals surface area contributed by atoms with Gasteiger partial charge in [-0.05, 0) is 56.3 Å². The lowest BCUT2D eigenvalue weighted by Crippen LogP contribution is -2.60. The van der Waals surface area contributed by atoms with E-state index in [-0.39, 0.29) is 23.2 Å². The fourth-order valence-electron chi connectivity index (χ4n) is 5.35. The number of fused-ring (bicyclic) bond motifs is 1. The van der Waals surface area contributed by atoms with Crippen molar-refractivity contribution in [3.8, 4) is 0 Å². The Labute approximate surface area is 227 Å². The first-order chi connectivity index (χ1) is 17.4. The number of nitrogens with zero attached hydrogens (tertiary/aromatic N) is 1. The number of carbonyl (C=O) groups is 5. The number of likely N-dealkylation sites (tertiary alicyclic amines) is 1. The van der Waals surface area contributed by atoms with Gasteiger partial charge in [-0.1, -0.05) is 54.9 Å². The average molecular weight is 537 g/mol. The molecule has 38 heavy (non-hydrogen) atoms. The summed E-state index contributed by atoms with van der Waals surface area (Å²) in [6.07, 6.45) is 0.887. The molecule has 1 aliphatic carbocycles. The van der Waals surface area contributed by atoms with Crippen LogP contribution in [0.25, 0.3) is 0 Å². The van der Waals surface area contributed by atoms with Crippen LogP contribution in [0.5, 0.6) is 0 Å². The molecule has 0 radical (unpaired) electrons. The molecule has 0 bridgehead atoms. The first kappa shape index (κ1) is 31.6. The molecule has 216 valence electrons. The predicted octanol–water partition coefficient (Wildman–Crippen LogP) is 2.79. The largest absolute Gasteiger partial charge is 0.444 e. The van der Waals surface area contributed by atoms with Gasteiger partial charge in [0.15, 0.2) is 0 Å². The number of nitrogens with one attached hydrogen (secondary N) is 3. The fourth-order valence-corrected chi connectivity index (χ4v) is 5.35. The normalized spacial score (nSPS) is 23.5. The Morgan fingerprint density at radius 3 is 2.08 bits per heavy atom. The van der Waals surface area contributed by atoms with Crippen LogP contribution in [0.15, 0.2) is 0 Å². The van der Waals surface area contributed by atoms with Crippen molar-refractivity contribution in [2.45, 2.75) is 112 Å². The zero-order valence-electron chi connectivity index (χ0n) is 24.8. The number of amides is 4. The molecule has 5 atom stereocenters. The number of ketones is 1. The number of carbonyl (C=O) groups excluding carboxylic acids is 5. The Kier molecular flexibility index (Phi) is 9.65. The summed E-state index contributed by atoms with van der Waals surface area (Å²) in [6.45, 7) is 19.4. The van der Waals surface area contributed by atoms with Crippen molar-refractivity contribution < 1.29 is 28.7 Å². The highest BCUT2D eigenvalue weighted by molar-refractivity contribution is 6.38. The molecular weight excluding hydrogens is 488 g/mol. The molecule has 3 N–H and O–H groups in total. The first-order valence-electron chi connectivity index (χ1n) is 13.8. The first-order valence-corrected chi connectivity index (χ1v) is 13.8. The number of rotatable bonds is 10. The van der Waals surface area contributed by atoms with Gasteiger partial charge in [0, 0.05) is 13.1 Å². The molecule has 5 unspecified atom stereocenters. The molecule has 2 rings (SSSR count). The molecule has 1 heterocycles. The second kappa shape index (κ2) is 11.6. The van der Waals surface area contributed by atoms with Gasteiger partial charge < -0.3 is 25.6 Å². The minimum atomic E-state index is -0.972. The molecule has 4 amide bonds. The van der Waals surface area contributed by atoms with E-state index in [0.717, 1.165) is 0 Å². The quantitative estimate of drug-likeness (QED) is 0.368. The van der Waals surface area contributed by atoms with E-state index in [4.69, 9.17) is 4.74 Å². The van der Waals surface area contributed by atoms with E-state index in [1.165, 1.54) is 4.90 Å². The molecule has 10 heteroatoms. The van der Waals surface area contributed by atoms with Gasteiger partial charge in [0.1, 0.15) is 17.7 Å². The second-order valence-corrected chi connectivity index (χ2v) is 13.3. The minimum absolute atomic E-state index is 0.0834. The fraction of sp³-hybridized carbons (Fsp3) is 0.821.